The number of carbonyl (C=O) groups excluding carboxylic acids is 2. The lowest BCUT2D eigenvalue weighted by Gasteiger charge is -2.06. The van der Waals surface area contributed by atoms with E-state index in [1.165, 1.54) is 24.4 Å². The van der Waals surface area contributed by atoms with Gasteiger partial charge in [0.05, 0.1) is 16.7 Å². The first-order valence-electron chi connectivity index (χ1n) is 9.19. The summed E-state index contributed by atoms with van der Waals surface area (Å²) in [5.74, 6) is -0.833. The number of hydrogen-bond donors (Lipinski definition) is 1. The molecule has 0 saturated carbocycles. The Labute approximate surface area is 190 Å². The van der Waals surface area contributed by atoms with Crippen LogP contribution in [0.4, 0.5) is 5.69 Å². The molecular formula is C22H16BrN3O6. The Balaban J connectivity index is 1.55. The number of nitro groups is 1. The molecule has 9 nitrogen and oxygen atoms in total. The molecule has 0 aliphatic heterocycles. The van der Waals surface area contributed by atoms with Crippen LogP contribution in [0.1, 0.15) is 15.9 Å². The Kier molecular flexibility index (Phi) is 7.65. The fraction of sp³-hybridized carbons (Fsp3) is 0.0455. The fourth-order valence-electron chi connectivity index (χ4n) is 2.53. The van der Waals surface area contributed by atoms with Crippen LogP contribution in [0, 0.1) is 10.1 Å². The minimum Gasteiger partial charge on any atom is -0.477 e. The average molecular weight is 498 g/mol. The maximum atomic E-state index is 12.3. The molecule has 0 aliphatic rings. The Hall–Kier alpha value is -4.05. The van der Waals surface area contributed by atoms with Crippen molar-refractivity contribution in [3.63, 3.8) is 0 Å². The highest BCUT2D eigenvalue weighted by atomic mass is 79.9. The maximum absolute atomic E-state index is 12.3. The van der Waals surface area contributed by atoms with Crippen molar-refractivity contribution in [1.29, 1.82) is 0 Å². The van der Waals surface area contributed by atoms with Gasteiger partial charge in [0, 0.05) is 10.5 Å². The second kappa shape index (κ2) is 10.8. The second-order valence-electron chi connectivity index (χ2n) is 6.25. The molecule has 162 valence electrons. The summed E-state index contributed by atoms with van der Waals surface area (Å²) in [7, 11) is 0. The quantitative estimate of drug-likeness (QED) is 0.164. The number of halogens is 1. The molecular weight excluding hydrogens is 482 g/mol. The predicted octanol–water partition coefficient (Wildman–Crippen LogP) is 4.11. The van der Waals surface area contributed by atoms with Crippen molar-refractivity contribution in [2.24, 2.45) is 5.10 Å². The van der Waals surface area contributed by atoms with Crippen molar-refractivity contribution in [1.82, 2.24) is 5.43 Å². The number of amides is 1. The number of benzene rings is 3. The number of hydrogen-bond acceptors (Lipinski definition) is 7. The van der Waals surface area contributed by atoms with Gasteiger partial charge in [-0.1, -0.05) is 36.4 Å². The summed E-state index contributed by atoms with van der Waals surface area (Å²) < 4.78 is 11.2. The number of ether oxygens (including phenoxy) is 2. The third kappa shape index (κ3) is 6.22. The lowest BCUT2D eigenvalue weighted by atomic mass is 10.2. The van der Waals surface area contributed by atoms with Gasteiger partial charge in [0.1, 0.15) is 5.75 Å². The van der Waals surface area contributed by atoms with Crippen molar-refractivity contribution in [3.8, 4) is 11.5 Å². The van der Waals surface area contributed by atoms with Crippen LogP contribution in [0.5, 0.6) is 11.5 Å². The van der Waals surface area contributed by atoms with Crippen LogP contribution >= 0.6 is 15.9 Å². The monoisotopic (exact) mass is 497 g/mol. The van der Waals surface area contributed by atoms with Gasteiger partial charge in [-0.3, -0.25) is 14.9 Å². The van der Waals surface area contributed by atoms with Crippen molar-refractivity contribution < 1.29 is 24.0 Å². The predicted molar refractivity (Wildman–Crippen MR) is 120 cm³/mol. The molecule has 0 aliphatic carbocycles. The average Bonchev–Trinajstić information content (AvgIpc) is 2.78. The van der Waals surface area contributed by atoms with E-state index in [2.05, 4.69) is 26.5 Å². The zero-order valence-corrected chi connectivity index (χ0v) is 18.0. The largest absolute Gasteiger partial charge is 0.477 e. The molecule has 0 spiro atoms. The zero-order valence-electron chi connectivity index (χ0n) is 16.4. The smallest absolute Gasteiger partial charge is 0.344 e. The maximum Gasteiger partial charge on any atom is 0.344 e. The SMILES string of the molecule is O=C(COc1ccccc1[N+](=O)[O-])NN=Cc1cccc(OC(=O)c2ccccc2Br)c1. The summed E-state index contributed by atoms with van der Waals surface area (Å²) in [6, 6.07) is 19.2. The van der Waals surface area contributed by atoms with E-state index in [9.17, 15) is 19.7 Å². The molecule has 0 radical (unpaired) electrons. The molecule has 0 saturated heterocycles. The Morgan fingerprint density at radius 3 is 2.59 bits per heavy atom. The normalized spacial score (nSPS) is 10.5. The summed E-state index contributed by atoms with van der Waals surface area (Å²) >= 11 is 3.31. The molecule has 3 rings (SSSR count). The first-order valence-corrected chi connectivity index (χ1v) is 9.98. The molecule has 1 N–H and O–H groups in total. The van der Waals surface area contributed by atoms with Crippen molar-refractivity contribution in [2.45, 2.75) is 0 Å². The molecule has 0 heterocycles. The minimum atomic E-state index is -0.601. The number of nitrogens with zero attached hydrogens (tertiary/aromatic N) is 2. The Bertz CT molecular complexity index is 1180. The molecule has 0 atom stereocenters. The van der Waals surface area contributed by atoms with Crippen molar-refractivity contribution in [3.05, 3.63) is 98.5 Å². The van der Waals surface area contributed by atoms with Crippen LogP contribution in [0.25, 0.3) is 0 Å². The van der Waals surface area contributed by atoms with Crippen LogP contribution < -0.4 is 14.9 Å². The summed E-state index contributed by atoms with van der Waals surface area (Å²) in [5.41, 5.74) is 2.99. The summed E-state index contributed by atoms with van der Waals surface area (Å²) in [6.07, 6.45) is 1.36. The van der Waals surface area contributed by atoms with Crippen molar-refractivity contribution >= 4 is 39.7 Å². The first-order chi connectivity index (χ1) is 15.4. The molecule has 0 fully saturated rings. The van der Waals surface area contributed by atoms with Gasteiger partial charge in [-0.25, -0.2) is 10.2 Å². The van der Waals surface area contributed by atoms with Gasteiger partial charge in [0.2, 0.25) is 0 Å². The number of nitrogens with one attached hydrogen (secondary N) is 1. The molecule has 3 aromatic carbocycles. The number of carbonyl (C=O) groups is 2. The number of para-hydroxylation sites is 2. The minimum absolute atomic E-state index is 0.0174. The second-order valence-corrected chi connectivity index (χ2v) is 7.10. The molecule has 0 aromatic heterocycles. The molecule has 0 unspecified atom stereocenters. The molecule has 1 amide bonds. The van der Waals surface area contributed by atoms with E-state index >= 15 is 0 Å². The number of esters is 1. The third-order valence-electron chi connectivity index (χ3n) is 3.99. The van der Waals surface area contributed by atoms with E-state index in [-0.39, 0.29) is 11.4 Å². The van der Waals surface area contributed by atoms with Gasteiger partial charge < -0.3 is 9.47 Å². The van der Waals surface area contributed by atoms with E-state index in [0.717, 1.165) is 0 Å². The standard InChI is InChI=1S/C22H16BrN3O6/c23-18-9-2-1-8-17(18)22(28)32-16-7-5-6-15(12-16)13-24-25-21(27)14-31-20-11-4-3-10-19(20)26(29)30/h1-13H,14H2,(H,25,27). The Morgan fingerprint density at radius 1 is 1.06 bits per heavy atom. The number of nitro benzene ring substituents is 1. The van der Waals surface area contributed by atoms with Gasteiger partial charge in [-0.05, 0) is 51.8 Å². The Morgan fingerprint density at radius 2 is 1.81 bits per heavy atom. The van der Waals surface area contributed by atoms with Crippen LogP contribution in [0.3, 0.4) is 0 Å². The van der Waals surface area contributed by atoms with Crippen LogP contribution in [0.15, 0.2) is 82.4 Å². The number of rotatable bonds is 8. The lowest BCUT2D eigenvalue weighted by molar-refractivity contribution is -0.385. The highest BCUT2D eigenvalue weighted by Gasteiger charge is 2.15. The fourth-order valence-corrected chi connectivity index (χ4v) is 2.98. The molecule has 0 bridgehead atoms. The topological polar surface area (TPSA) is 120 Å². The zero-order chi connectivity index (χ0) is 22.9. The van der Waals surface area contributed by atoms with Crippen molar-refractivity contribution in [2.75, 3.05) is 6.61 Å². The van der Waals surface area contributed by atoms with Crippen LogP contribution in [-0.2, 0) is 4.79 Å². The molecule has 10 heteroatoms. The first kappa shape index (κ1) is 22.6. The highest BCUT2D eigenvalue weighted by Crippen LogP contribution is 2.25. The van der Waals surface area contributed by atoms with Crippen LogP contribution in [-0.4, -0.2) is 29.6 Å². The lowest BCUT2D eigenvalue weighted by Crippen LogP contribution is -2.24. The number of hydrazone groups is 1. The highest BCUT2D eigenvalue weighted by molar-refractivity contribution is 9.10. The van der Waals surface area contributed by atoms with E-state index in [0.29, 0.717) is 21.3 Å². The van der Waals surface area contributed by atoms with Crippen LogP contribution in [0.2, 0.25) is 0 Å². The summed E-state index contributed by atoms with van der Waals surface area (Å²) in [4.78, 5) is 34.6. The summed E-state index contributed by atoms with van der Waals surface area (Å²) in [6.45, 7) is -0.453. The van der Waals surface area contributed by atoms with Gasteiger partial charge in [-0.2, -0.15) is 5.10 Å². The van der Waals surface area contributed by atoms with E-state index < -0.39 is 23.4 Å². The van der Waals surface area contributed by atoms with Gasteiger partial charge in [-0.15, -0.1) is 0 Å². The van der Waals surface area contributed by atoms with E-state index in [1.807, 2.05) is 0 Å². The van der Waals surface area contributed by atoms with Gasteiger partial charge in [0.25, 0.3) is 5.91 Å². The molecule has 3 aromatic rings. The third-order valence-corrected chi connectivity index (χ3v) is 4.68. The van der Waals surface area contributed by atoms with Gasteiger partial charge in [0.15, 0.2) is 12.4 Å². The van der Waals surface area contributed by atoms with E-state index in [4.69, 9.17) is 9.47 Å². The van der Waals surface area contributed by atoms with Gasteiger partial charge >= 0.3 is 11.7 Å². The molecule has 32 heavy (non-hydrogen) atoms. The summed E-state index contributed by atoms with van der Waals surface area (Å²) in [5, 5.41) is 14.8. The van der Waals surface area contributed by atoms with E-state index in [1.54, 1.807) is 54.6 Å².